The SMILES string of the molecule is O=C(Cc1cccnc1)Nc1ccc(Cl)cc1. The molecule has 1 aromatic heterocycles. The third kappa shape index (κ3) is 3.57. The van der Waals surface area contributed by atoms with Crippen molar-refractivity contribution in [1.82, 2.24) is 4.98 Å². The van der Waals surface area contributed by atoms with Crippen LogP contribution in [0.5, 0.6) is 0 Å². The van der Waals surface area contributed by atoms with Crippen molar-refractivity contribution < 1.29 is 4.79 Å². The number of anilines is 1. The van der Waals surface area contributed by atoms with Crippen molar-refractivity contribution in [3.8, 4) is 0 Å². The fourth-order valence-electron chi connectivity index (χ4n) is 1.43. The van der Waals surface area contributed by atoms with E-state index in [-0.39, 0.29) is 5.91 Å². The number of rotatable bonds is 3. The normalized spacial score (nSPS) is 9.94. The van der Waals surface area contributed by atoms with Gasteiger partial charge in [-0.1, -0.05) is 17.7 Å². The van der Waals surface area contributed by atoms with E-state index >= 15 is 0 Å². The molecule has 0 fully saturated rings. The molecule has 0 bridgehead atoms. The highest BCUT2D eigenvalue weighted by atomic mass is 35.5. The molecule has 0 aliphatic heterocycles. The van der Waals surface area contributed by atoms with Crippen LogP contribution < -0.4 is 5.32 Å². The number of aromatic nitrogens is 1. The monoisotopic (exact) mass is 246 g/mol. The highest BCUT2D eigenvalue weighted by molar-refractivity contribution is 6.30. The Labute approximate surface area is 104 Å². The molecule has 0 spiro atoms. The fraction of sp³-hybridized carbons (Fsp3) is 0.0769. The van der Waals surface area contributed by atoms with Gasteiger partial charge < -0.3 is 5.32 Å². The zero-order chi connectivity index (χ0) is 12.1. The van der Waals surface area contributed by atoms with Crippen molar-refractivity contribution in [3.05, 3.63) is 59.4 Å². The van der Waals surface area contributed by atoms with Crippen LogP contribution in [0.4, 0.5) is 5.69 Å². The molecule has 1 heterocycles. The Balaban J connectivity index is 1.96. The van der Waals surface area contributed by atoms with E-state index in [9.17, 15) is 4.79 Å². The summed E-state index contributed by atoms with van der Waals surface area (Å²) in [6, 6.07) is 10.7. The van der Waals surface area contributed by atoms with E-state index in [0.717, 1.165) is 11.3 Å². The molecule has 0 saturated carbocycles. The Hall–Kier alpha value is -1.87. The molecule has 0 atom stereocenters. The first kappa shape index (κ1) is 11.6. The average Bonchev–Trinajstić information content (AvgIpc) is 2.33. The number of carbonyl (C=O) groups is 1. The average molecular weight is 247 g/mol. The van der Waals surface area contributed by atoms with Crippen LogP contribution in [-0.4, -0.2) is 10.9 Å². The summed E-state index contributed by atoms with van der Waals surface area (Å²) in [5.74, 6) is -0.0691. The smallest absolute Gasteiger partial charge is 0.228 e. The molecule has 4 heteroatoms. The standard InChI is InChI=1S/C13H11ClN2O/c14-11-3-5-12(6-4-11)16-13(17)8-10-2-1-7-15-9-10/h1-7,9H,8H2,(H,16,17). The summed E-state index contributed by atoms with van der Waals surface area (Å²) in [5.41, 5.74) is 1.63. The lowest BCUT2D eigenvalue weighted by molar-refractivity contribution is -0.115. The van der Waals surface area contributed by atoms with Crippen LogP contribution in [0.25, 0.3) is 0 Å². The molecule has 86 valence electrons. The second-order valence-electron chi connectivity index (χ2n) is 3.59. The van der Waals surface area contributed by atoms with Gasteiger partial charge in [0.2, 0.25) is 5.91 Å². The topological polar surface area (TPSA) is 42.0 Å². The minimum Gasteiger partial charge on any atom is -0.326 e. The number of hydrogen-bond donors (Lipinski definition) is 1. The summed E-state index contributed by atoms with van der Waals surface area (Å²) >= 11 is 5.76. The molecule has 1 N–H and O–H groups in total. The molecule has 0 radical (unpaired) electrons. The molecule has 1 aromatic carbocycles. The number of hydrogen-bond acceptors (Lipinski definition) is 2. The van der Waals surface area contributed by atoms with Gasteiger partial charge in [0.15, 0.2) is 0 Å². The van der Waals surface area contributed by atoms with Crippen LogP contribution in [0.15, 0.2) is 48.8 Å². The Bertz CT molecular complexity index is 497. The van der Waals surface area contributed by atoms with Crippen LogP contribution in [0.2, 0.25) is 5.02 Å². The largest absolute Gasteiger partial charge is 0.326 e. The van der Waals surface area contributed by atoms with E-state index in [0.29, 0.717) is 11.4 Å². The van der Waals surface area contributed by atoms with Gasteiger partial charge in [0.1, 0.15) is 0 Å². The number of pyridine rings is 1. The predicted molar refractivity (Wildman–Crippen MR) is 68.0 cm³/mol. The lowest BCUT2D eigenvalue weighted by Crippen LogP contribution is -2.14. The first-order valence-corrected chi connectivity index (χ1v) is 5.56. The first-order chi connectivity index (χ1) is 8.24. The maximum Gasteiger partial charge on any atom is 0.228 e. The van der Waals surface area contributed by atoms with Crippen LogP contribution >= 0.6 is 11.6 Å². The van der Waals surface area contributed by atoms with Gasteiger partial charge in [-0.2, -0.15) is 0 Å². The minimum absolute atomic E-state index is 0.0691. The van der Waals surface area contributed by atoms with Crippen LogP contribution in [0.1, 0.15) is 5.56 Å². The second-order valence-corrected chi connectivity index (χ2v) is 4.03. The lowest BCUT2D eigenvalue weighted by Gasteiger charge is -2.04. The van der Waals surface area contributed by atoms with Gasteiger partial charge in [0, 0.05) is 23.1 Å². The van der Waals surface area contributed by atoms with Crippen molar-refractivity contribution in [2.24, 2.45) is 0 Å². The van der Waals surface area contributed by atoms with E-state index in [2.05, 4.69) is 10.3 Å². The summed E-state index contributed by atoms with van der Waals surface area (Å²) in [4.78, 5) is 15.7. The van der Waals surface area contributed by atoms with Gasteiger partial charge in [0.25, 0.3) is 0 Å². The maximum absolute atomic E-state index is 11.7. The Morgan fingerprint density at radius 1 is 1.24 bits per heavy atom. The molecule has 1 amide bonds. The molecule has 0 unspecified atom stereocenters. The summed E-state index contributed by atoms with van der Waals surface area (Å²) in [6.07, 6.45) is 3.68. The van der Waals surface area contributed by atoms with E-state index in [1.807, 2.05) is 12.1 Å². The zero-order valence-electron chi connectivity index (χ0n) is 9.06. The van der Waals surface area contributed by atoms with Crippen LogP contribution in [0.3, 0.4) is 0 Å². The van der Waals surface area contributed by atoms with Crippen molar-refractivity contribution in [1.29, 1.82) is 0 Å². The molecular weight excluding hydrogens is 236 g/mol. The van der Waals surface area contributed by atoms with Crippen LogP contribution in [0, 0.1) is 0 Å². The van der Waals surface area contributed by atoms with Crippen molar-refractivity contribution in [3.63, 3.8) is 0 Å². The zero-order valence-corrected chi connectivity index (χ0v) is 9.82. The van der Waals surface area contributed by atoms with Gasteiger partial charge in [-0.3, -0.25) is 9.78 Å². The number of amides is 1. The molecule has 0 aliphatic rings. The number of halogens is 1. The summed E-state index contributed by atoms with van der Waals surface area (Å²) < 4.78 is 0. The Morgan fingerprint density at radius 2 is 2.00 bits per heavy atom. The van der Waals surface area contributed by atoms with E-state index in [4.69, 9.17) is 11.6 Å². The Kier molecular flexibility index (Phi) is 3.73. The quantitative estimate of drug-likeness (QED) is 0.905. The summed E-state index contributed by atoms with van der Waals surface area (Å²) in [7, 11) is 0. The number of nitrogens with zero attached hydrogens (tertiary/aromatic N) is 1. The number of benzene rings is 1. The van der Waals surface area contributed by atoms with Crippen LogP contribution in [-0.2, 0) is 11.2 Å². The van der Waals surface area contributed by atoms with E-state index in [1.54, 1.807) is 36.7 Å². The van der Waals surface area contributed by atoms with E-state index in [1.165, 1.54) is 0 Å². The van der Waals surface area contributed by atoms with Gasteiger partial charge in [-0.05, 0) is 35.9 Å². The van der Waals surface area contributed by atoms with Gasteiger partial charge >= 0.3 is 0 Å². The van der Waals surface area contributed by atoms with E-state index < -0.39 is 0 Å². The van der Waals surface area contributed by atoms with Crippen molar-refractivity contribution in [2.45, 2.75) is 6.42 Å². The third-order valence-electron chi connectivity index (χ3n) is 2.22. The molecule has 17 heavy (non-hydrogen) atoms. The maximum atomic E-state index is 11.7. The summed E-state index contributed by atoms with van der Waals surface area (Å²) in [6.45, 7) is 0. The van der Waals surface area contributed by atoms with Crippen molar-refractivity contribution >= 4 is 23.2 Å². The molecule has 3 nitrogen and oxygen atoms in total. The van der Waals surface area contributed by atoms with Gasteiger partial charge in [-0.15, -0.1) is 0 Å². The fourth-order valence-corrected chi connectivity index (χ4v) is 1.55. The molecular formula is C13H11ClN2O. The highest BCUT2D eigenvalue weighted by Crippen LogP contribution is 2.13. The molecule has 0 aliphatic carbocycles. The van der Waals surface area contributed by atoms with Gasteiger partial charge in [-0.25, -0.2) is 0 Å². The van der Waals surface area contributed by atoms with Crippen molar-refractivity contribution in [2.75, 3.05) is 5.32 Å². The second kappa shape index (κ2) is 5.46. The Morgan fingerprint density at radius 3 is 2.65 bits per heavy atom. The third-order valence-corrected chi connectivity index (χ3v) is 2.47. The minimum atomic E-state index is -0.0691. The predicted octanol–water partition coefficient (Wildman–Crippen LogP) is 2.92. The first-order valence-electron chi connectivity index (χ1n) is 5.18. The number of carbonyl (C=O) groups excluding carboxylic acids is 1. The number of nitrogens with one attached hydrogen (secondary N) is 1. The lowest BCUT2D eigenvalue weighted by atomic mass is 10.2. The molecule has 0 saturated heterocycles. The van der Waals surface area contributed by atoms with Gasteiger partial charge in [0.05, 0.1) is 6.42 Å². The highest BCUT2D eigenvalue weighted by Gasteiger charge is 2.03. The summed E-state index contributed by atoms with van der Waals surface area (Å²) in [5, 5.41) is 3.44. The molecule has 2 aromatic rings. The molecule has 2 rings (SSSR count).